The lowest BCUT2D eigenvalue weighted by atomic mass is 10.3. The average molecular weight is 356 g/mol. The molecule has 1 atom stereocenters. The zero-order chi connectivity index (χ0) is 17.9. The Kier molecular flexibility index (Phi) is 4.75. The van der Waals surface area contributed by atoms with E-state index in [2.05, 4.69) is 29.0 Å². The summed E-state index contributed by atoms with van der Waals surface area (Å²) in [6.45, 7) is 7.21. The van der Waals surface area contributed by atoms with Gasteiger partial charge in [-0.15, -0.1) is 0 Å². The van der Waals surface area contributed by atoms with Crippen LogP contribution in [0.2, 0.25) is 0 Å². The third-order valence-corrected chi connectivity index (χ3v) is 4.68. The van der Waals surface area contributed by atoms with Crippen LogP contribution >= 0.6 is 0 Å². The third kappa shape index (κ3) is 3.12. The lowest BCUT2D eigenvalue weighted by Crippen LogP contribution is -2.25. The lowest BCUT2D eigenvalue weighted by molar-refractivity contribution is 0.0593. The number of nitrogens with zero attached hydrogens (tertiary/aromatic N) is 5. The molecule has 0 aromatic carbocycles. The van der Waals surface area contributed by atoms with Crippen LogP contribution in [-0.4, -0.2) is 39.2 Å². The molecule has 26 heavy (non-hydrogen) atoms. The SMILES string of the molecule is CCN(CC)c1nc(NCc2ccco2)c2ncn(C3CCCO3)c2n1. The maximum atomic E-state index is 5.83. The highest BCUT2D eigenvalue weighted by molar-refractivity contribution is 5.84. The summed E-state index contributed by atoms with van der Waals surface area (Å²) in [7, 11) is 0. The minimum absolute atomic E-state index is 0.00243. The number of furan rings is 1. The van der Waals surface area contributed by atoms with Gasteiger partial charge in [0, 0.05) is 19.7 Å². The molecular weight excluding hydrogens is 332 g/mol. The molecular formula is C18H24N6O2. The Morgan fingerprint density at radius 2 is 2.19 bits per heavy atom. The van der Waals surface area contributed by atoms with Crippen LogP contribution in [-0.2, 0) is 11.3 Å². The molecule has 0 amide bonds. The van der Waals surface area contributed by atoms with Gasteiger partial charge < -0.3 is 19.4 Å². The van der Waals surface area contributed by atoms with E-state index >= 15 is 0 Å². The van der Waals surface area contributed by atoms with Crippen molar-refractivity contribution in [3.8, 4) is 0 Å². The monoisotopic (exact) mass is 356 g/mol. The van der Waals surface area contributed by atoms with Gasteiger partial charge in [0.05, 0.1) is 19.1 Å². The van der Waals surface area contributed by atoms with Crippen molar-refractivity contribution in [3.63, 3.8) is 0 Å². The summed E-state index contributed by atoms with van der Waals surface area (Å²) in [5.41, 5.74) is 1.55. The van der Waals surface area contributed by atoms with Gasteiger partial charge in [0.25, 0.3) is 0 Å². The van der Waals surface area contributed by atoms with E-state index in [0.29, 0.717) is 18.3 Å². The summed E-state index contributed by atoms with van der Waals surface area (Å²) < 4.78 is 13.3. The fraction of sp³-hybridized carbons (Fsp3) is 0.500. The smallest absolute Gasteiger partial charge is 0.229 e. The summed E-state index contributed by atoms with van der Waals surface area (Å²) in [5.74, 6) is 2.26. The quantitative estimate of drug-likeness (QED) is 0.696. The predicted octanol–water partition coefficient (Wildman–Crippen LogP) is 3.19. The molecule has 4 heterocycles. The molecule has 1 aliphatic rings. The summed E-state index contributed by atoms with van der Waals surface area (Å²) in [4.78, 5) is 16.2. The first-order valence-electron chi connectivity index (χ1n) is 9.17. The fourth-order valence-corrected chi connectivity index (χ4v) is 3.25. The van der Waals surface area contributed by atoms with E-state index in [9.17, 15) is 0 Å². The number of hydrogen-bond donors (Lipinski definition) is 1. The molecule has 1 aliphatic heterocycles. The zero-order valence-electron chi connectivity index (χ0n) is 15.2. The number of anilines is 2. The van der Waals surface area contributed by atoms with E-state index in [1.165, 1.54) is 0 Å². The minimum Gasteiger partial charge on any atom is -0.467 e. The summed E-state index contributed by atoms with van der Waals surface area (Å²) in [5, 5.41) is 3.35. The Labute approximate surface area is 152 Å². The van der Waals surface area contributed by atoms with Crippen molar-refractivity contribution in [2.24, 2.45) is 0 Å². The molecule has 8 nitrogen and oxygen atoms in total. The normalized spacial score (nSPS) is 17.1. The van der Waals surface area contributed by atoms with Gasteiger partial charge in [-0.05, 0) is 38.8 Å². The van der Waals surface area contributed by atoms with Gasteiger partial charge >= 0.3 is 0 Å². The van der Waals surface area contributed by atoms with Crippen molar-refractivity contribution >= 4 is 22.9 Å². The molecule has 0 radical (unpaired) electrons. The molecule has 0 spiro atoms. The molecule has 138 valence electrons. The molecule has 1 N–H and O–H groups in total. The minimum atomic E-state index is -0.00243. The van der Waals surface area contributed by atoms with Crippen LogP contribution in [0.4, 0.5) is 11.8 Å². The van der Waals surface area contributed by atoms with Gasteiger partial charge in [0.15, 0.2) is 17.0 Å². The standard InChI is InChI=1S/C18H24N6O2/c1-3-23(4-2)18-21-16(19-11-13-7-5-9-25-13)15-17(22-18)24(12-20-15)14-8-6-10-26-14/h5,7,9,12,14H,3-4,6,8,10-11H2,1-2H3,(H,19,21,22). The number of fused-ring (bicyclic) bond motifs is 1. The second kappa shape index (κ2) is 7.33. The molecule has 1 unspecified atom stereocenters. The Hall–Kier alpha value is -2.61. The summed E-state index contributed by atoms with van der Waals surface area (Å²) in [6, 6.07) is 3.81. The molecule has 1 fully saturated rings. The Balaban J connectivity index is 1.74. The number of imidazole rings is 1. The number of aromatic nitrogens is 4. The number of rotatable bonds is 7. The summed E-state index contributed by atoms with van der Waals surface area (Å²) in [6.07, 6.45) is 5.50. The predicted molar refractivity (Wildman–Crippen MR) is 99.1 cm³/mol. The van der Waals surface area contributed by atoms with E-state index in [0.717, 1.165) is 49.5 Å². The van der Waals surface area contributed by atoms with Gasteiger partial charge in [0.2, 0.25) is 5.95 Å². The van der Waals surface area contributed by atoms with Gasteiger partial charge in [-0.25, -0.2) is 4.98 Å². The first-order valence-corrected chi connectivity index (χ1v) is 9.17. The first kappa shape index (κ1) is 16.8. The van der Waals surface area contributed by atoms with Crippen LogP contribution in [0.25, 0.3) is 11.2 Å². The second-order valence-electron chi connectivity index (χ2n) is 6.27. The van der Waals surface area contributed by atoms with Crippen molar-refractivity contribution in [1.29, 1.82) is 0 Å². The Morgan fingerprint density at radius 3 is 2.88 bits per heavy atom. The molecule has 0 saturated carbocycles. The number of hydrogen-bond acceptors (Lipinski definition) is 7. The zero-order valence-corrected chi connectivity index (χ0v) is 15.2. The average Bonchev–Trinajstić information content (AvgIpc) is 3.41. The molecule has 8 heteroatoms. The van der Waals surface area contributed by atoms with Crippen molar-refractivity contribution in [2.75, 3.05) is 29.9 Å². The van der Waals surface area contributed by atoms with Crippen molar-refractivity contribution in [3.05, 3.63) is 30.5 Å². The first-order chi connectivity index (χ1) is 12.8. The fourth-order valence-electron chi connectivity index (χ4n) is 3.25. The largest absolute Gasteiger partial charge is 0.467 e. The van der Waals surface area contributed by atoms with Gasteiger partial charge in [-0.1, -0.05) is 0 Å². The Bertz CT molecular complexity index is 850. The Morgan fingerprint density at radius 1 is 1.31 bits per heavy atom. The highest BCUT2D eigenvalue weighted by Gasteiger charge is 2.23. The van der Waals surface area contributed by atoms with Crippen LogP contribution in [0.5, 0.6) is 0 Å². The highest BCUT2D eigenvalue weighted by atomic mass is 16.5. The van der Waals surface area contributed by atoms with Crippen LogP contribution in [0, 0.1) is 0 Å². The van der Waals surface area contributed by atoms with Crippen LogP contribution in [0.1, 0.15) is 38.7 Å². The van der Waals surface area contributed by atoms with Crippen molar-refractivity contribution in [1.82, 2.24) is 19.5 Å². The third-order valence-electron chi connectivity index (χ3n) is 4.68. The molecule has 4 rings (SSSR count). The van der Waals surface area contributed by atoms with E-state index in [-0.39, 0.29) is 6.23 Å². The van der Waals surface area contributed by atoms with Crippen molar-refractivity contribution in [2.45, 2.75) is 39.5 Å². The maximum Gasteiger partial charge on any atom is 0.229 e. The van der Waals surface area contributed by atoms with Crippen LogP contribution in [0.15, 0.2) is 29.1 Å². The van der Waals surface area contributed by atoms with Crippen LogP contribution in [0.3, 0.4) is 0 Å². The van der Waals surface area contributed by atoms with Gasteiger partial charge in [0.1, 0.15) is 12.0 Å². The molecule has 0 aliphatic carbocycles. The lowest BCUT2D eigenvalue weighted by Gasteiger charge is -2.20. The van der Waals surface area contributed by atoms with E-state index in [1.807, 2.05) is 16.7 Å². The van der Waals surface area contributed by atoms with Crippen LogP contribution < -0.4 is 10.2 Å². The molecule has 0 bridgehead atoms. The molecule has 3 aromatic heterocycles. The molecule has 3 aromatic rings. The van der Waals surface area contributed by atoms with Gasteiger partial charge in [-0.3, -0.25) is 4.57 Å². The number of ether oxygens (including phenoxy) is 1. The molecule has 1 saturated heterocycles. The number of nitrogens with one attached hydrogen (secondary N) is 1. The second-order valence-corrected chi connectivity index (χ2v) is 6.27. The highest BCUT2D eigenvalue weighted by Crippen LogP contribution is 2.29. The van der Waals surface area contributed by atoms with Crippen molar-refractivity contribution < 1.29 is 9.15 Å². The topological polar surface area (TPSA) is 81.2 Å². The van der Waals surface area contributed by atoms with E-state index < -0.39 is 0 Å². The maximum absolute atomic E-state index is 5.83. The van der Waals surface area contributed by atoms with Gasteiger partial charge in [-0.2, -0.15) is 9.97 Å². The summed E-state index contributed by atoms with van der Waals surface area (Å²) >= 11 is 0. The van der Waals surface area contributed by atoms with E-state index in [4.69, 9.17) is 19.1 Å². The van der Waals surface area contributed by atoms with E-state index in [1.54, 1.807) is 12.6 Å².